The van der Waals surface area contributed by atoms with Gasteiger partial charge < -0.3 is 9.42 Å². The zero-order chi connectivity index (χ0) is 16.7. The number of benzene rings is 1. The number of amides is 1. The minimum absolute atomic E-state index is 0.0922. The summed E-state index contributed by atoms with van der Waals surface area (Å²) in [6.45, 7) is 0.577. The van der Waals surface area contributed by atoms with Crippen molar-refractivity contribution < 1.29 is 14.2 Å². The van der Waals surface area contributed by atoms with Crippen LogP contribution in [0.3, 0.4) is 0 Å². The summed E-state index contributed by atoms with van der Waals surface area (Å²) in [7, 11) is 0. The largest absolute Gasteiger partial charge is 0.337 e. The molecule has 0 spiro atoms. The van der Waals surface area contributed by atoms with Gasteiger partial charge in [-0.25, -0.2) is 0 Å². The van der Waals surface area contributed by atoms with Crippen LogP contribution in [0.15, 0.2) is 28.8 Å². The second-order valence-corrected chi connectivity index (χ2v) is 6.23. The Kier molecular flexibility index (Phi) is 3.51. The Morgan fingerprint density at radius 2 is 2.17 bits per heavy atom. The van der Waals surface area contributed by atoms with Crippen molar-refractivity contribution in [1.29, 1.82) is 0 Å². The van der Waals surface area contributed by atoms with E-state index in [1.54, 1.807) is 11.0 Å². The molecule has 1 saturated carbocycles. The summed E-state index contributed by atoms with van der Waals surface area (Å²) in [6.07, 6.45) is 3.76. The standard InChI is InChI=1S/C16H16N4O4/c21-16(11-3-1-4-12(9-11)20(22)23)19-8-2-5-13(19)15-17-14(18-24-15)10-6-7-10/h1,3-4,9-10,13H,2,5-8H2. The summed E-state index contributed by atoms with van der Waals surface area (Å²) in [4.78, 5) is 29.3. The average Bonchev–Trinajstić information content (AvgIpc) is 3.12. The van der Waals surface area contributed by atoms with Crippen LogP contribution in [0, 0.1) is 10.1 Å². The zero-order valence-electron chi connectivity index (χ0n) is 12.9. The minimum Gasteiger partial charge on any atom is -0.337 e. The van der Waals surface area contributed by atoms with Crippen molar-refractivity contribution in [3.05, 3.63) is 51.7 Å². The Bertz CT molecular complexity index is 799. The molecule has 0 radical (unpaired) electrons. The van der Waals surface area contributed by atoms with E-state index in [1.807, 2.05) is 0 Å². The maximum atomic E-state index is 12.8. The smallest absolute Gasteiger partial charge is 0.270 e. The molecule has 2 fully saturated rings. The highest BCUT2D eigenvalue weighted by molar-refractivity contribution is 5.95. The topological polar surface area (TPSA) is 102 Å². The third-order valence-corrected chi connectivity index (χ3v) is 4.50. The van der Waals surface area contributed by atoms with Gasteiger partial charge in [0.15, 0.2) is 5.82 Å². The lowest BCUT2D eigenvalue weighted by Gasteiger charge is -2.21. The predicted molar refractivity (Wildman–Crippen MR) is 82.4 cm³/mol. The first-order chi connectivity index (χ1) is 11.6. The molecule has 1 aromatic heterocycles. The van der Waals surface area contributed by atoms with Crippen LogP contribution in [0.5, 0.6) is 0 Å². The molecule has 2 aliphatic rings. The van der Waals surface area contributed by atoms with E-state index in [2.05, 4.69) is 10.1 Å². The first-order valence-corrected chi connectivity index (χ1v) is 8.02. The van der Waals surface area contributed by atoms with E-state index in [-0.39, 0.29) is 17.6 Å². The summed E-state index contributed by atoms with van der Waals surface area (Å²) in [5.41, 5.74) is 0.212. The number of likely N-dealkylation sites (tertiary alicyclic amines) is 1. The molecule has 4 rings (SSSR count). The van der Waals surface area contributed by atoms with Gasteiger partial charge in [0.1, 0.15) is 6.04 Å². The van der Waals surface area contributed by atoms with Gasteiger partial charge in [-0.15, -0.1) is 0 Å². The SMILES string of the molecule is O=C(c1cccc([N+](=O)[O-])c1)N1CCCC1c1nc(C2CC2)no1. The number of non-ortho nitro benzene ring substituents is 1. The third kappa shape index (κ3) is 2.64. The highest BCUT2D eigenvalue weighted by Gasteiger charge is 2.36. The van der Waals surface area contributed by atoms with Gasteiger partial charge in [0.25, 0.3) is 11.6 Å². The molecular formula is C16H16N4O4. The lowest BCUT2D eigenvalue weighted by atomic mass is 10.1. The molecule has 1 saturated heterocycles. The van der Waals surface area contributed by atoms with E-state index in [0.717, 1.165) is 31.5 Å². The van der Waals surface area contributed by atoms with Crippen molar-refractivity contribution in [3.63, 3.8) is 0 Å². The van der Waals surface area contributed by atoms with Crippen LogP contribution in [0.25, 0.3) is 0 Å². The number of nitro groups is 1. The van der Waals surface area contributed by atoms with Gasteiger partial charge in [0, 0.05) is 30.2 Å². The predicted octanol–water partition coefficient (Wildman–Crippen LogP) is 2.83. The minimum atomic E-state index is -0.502. The number of hydrogen-bond acceptors (Lipinski definition) is 6. The fourth-order valence-corrected chi connectivity index (χ4v) is 3.07. The molecule has 1 aliphatic carbocycles. The van der Waals surface area contributed by atoms with E-state index >= 15 is 0 Å². The van der Waals surface area contributed by atoms with Crippen LogP contribution < -0.4 is 0 Å². The Balaban J connectivity index is 1.58. The molecule has 1 aliphatic heterocycles. The molecule has 124 valence electrons. The van der Waals surface area contributed by atoms with Crippen molar-refractivity contribution in [2.75, 3.05) is 6.54 Å². The summed E-state index contributed by atoms with van der Waals surface area (Å²) >= 11 is 0. The molecule has 0 N–H and O–H groups in total. The van der Waals surface area contributed by atoms with E-state index < -0.39 is 4.92 Å². The number of carbonyl (C=O) groups is 1. The average molecular weight is 328 g/mol. The molecule has 2 aromatic rings. The van der Waals surface area contributed by atoms with Crippen LogP contribution >= 0.6 is 0 Å². The highest BCUT2D eigenvalue weighted by atomic mass is 16.6. The van der Waals surface area contributed by atoms with Gasteiger partial charge in [0.2, 0.25) is 5.89 Å². The van der Waals surface area contributed by atoms with Gasteiger partial charge in [0.05, 0.1) is 4.92 Å². The maximum Gasteiger partial charge on any atom is 0.270 e. The second kappa shape index (κ2) is 5.70. The van der Waals surface area contributed by atoms with Crippen molar-refractivity contribution >= 4 is 11.6 Å². The van der Waals surface area contributed by atoms with Crippen LogP contribution in [0.1, 0.15) is 59.7 Å². The van der Waals surface area contributed by atoms with Crippen molar-refractivity contribution in [2.24, 2.45) is 0 Å². The molecule has 2 heterocycles. The molecule has 8 heteroatoms. The second-order valence-electron chi connectivity index (χ2n) is 6.23. The third-order valence-electron chi connectivity index (χ3n) is 4.50. The van der Waals surface area contributed by atoms with E-state index in [1.165, 1.54) is 18.2 Å². The van der Waals surface area contributed by atoms with Crippen molar-refractivity contribution in [1.82, 2.24) is 15.0 Å². The molecule has 1 unspecified atom stereocenters. The number of nitro benzene ring substituents is 1. The Labute approximate surface area is 137 Å². The normalized spacial score (nSPS) is 20.3. The monoisotopic (exact) mass is 328 g/mol. The lowest BCUT2D eigenvalue weighted by molar-refractivity contribution is -0.384. The molecule has 1 atom stereocenters. The lowest BCUT2D eigenvalue weighted by Crippen LogP contribution is -2.30. The Hall–Kier alpha value is -2.77. The van der Waals surface area contributed by atoms with Crippen LogP contribution in [0.4, 0.5) is 5.69 Å². The van der Waals surface area contributed by atoms with Crippen molar-refractivity contribution in [2.45, 2.75) is 37.6 Å². The van der Waals surface area contributed by atoms with Gasteiger partial charge in [-0.1, -0.05) is 11.2 Å². The number of aromatic nitrogens is 2. The van der Waals surface area contributed by atoms with Gasteiger partial charge in [-0.05, 0) is 31.7 Å². The summed E-state index contributed by atoms with van der Waals surface area (Å²) in [5.74, 6) is 1.34. The summed E-state index contributed by atoms with van der Waals surface area (Å²) in [6, 6.07) is 5.54. The highest BCUT2D eigenvalue weighted by Crippen LogP contribution is 2.40. The molecular weight excluding hydrogens is 312 g/mol. The van der Waals surface area contributed by atoms with Crippen molar-refractivity contribution in [3.8, 4) is 0 Å². The molecule has 1 amide bonds. The Morgan fingerprint density at radius 1 is 1.33 bits per heavy atom. The van der Waals surface area contributed by atoms with Crippen LogP contribution in [0.2, 0.25) is 0 Å². The van der Waals surface area contributed by atoms with Crippen LogP contribution in [-0.4, -0.2) is 32.4 Å². The van der Waals surface area contributed by atoms with Gasteiger partial charge in [-0.3, -0.25) is 14.9 Å². The molecule has 1 aromatic carbocycles. The molecule has 24 heavy (non-hydrogen) atoms. The fourth-order valence-electron chi connectivity index (χ4n) is 3.07. The Morgan fingerprint density at radius 3 is 2.92 bits per heavy atom. The van der Waals surface area contributed by atoms with Gasteiger partial charge >= 0.3 is 0 Å². The van der Waals surface area contributed by atoms with E-state index in [4.69, 9.17) is 4.52 Å². The maximum absolute atomic E-state index is 12.8. The fraction of sp³-hybridized carbons (Fsp3) is 0.438. The van der Waals surface area contributed by atoms with Gasteiger partial charge in [-0.2, -0.15) is 4.98 Å². The summed E-state index contributed by atoms with van der Waals surface area (Å²) in [5, 5.41) is 14.9. The van der Waals surface area contributed by atoms with E-state index in [9.17, 15) is 14.9 Å². The quantitative estimate of drug-likeness (QED) is 0.631. The first kappa shape index (κ1) is 14.8. The number of hydrogen-bond donors (Lipinski definition) is 0. The van der Waals surface area contributed by atoms with Crippen LogP contribution in [-0.2, 0) is 0 Å². The number of nitrogens with zero attached hydrogens (tertiary/aromatic N) is 4. The van der Waals surface area contributed by atoms with E-state index in [0.29, 0.717) is 23.9 Å². The molecule has 8 nitrogen and oxygen atoms in total. The number of carbonyl (C=O) groups excluding carboxylic acids is 1. The first-order valence-electron chi connectivity index (χ1n) is 8.02. The number of rotatable bonds is 4. The molecule has 0 bridgehead atoms. The zero-order valence-corrected chi connectivity index (χ0v) is 12.9. The summed E-state index contributed by atoms with van der Waals surface area (Å²) < 4.78 is 5.36.